The Hall–Kier alpha value is -0.960. The molecule has 0 amide bonds. The van der Waals surface area contributed by atoms with Crippen LogP contribution in [-0.2, 0) is 4.79 Å². The highest BCUT2D eigenvalue weighted by Gasteiger charge is 2.34. The molecule has 1 fully saturated rings. The molecular weight excluding hydrogens is 196 g/mol. The average Bonchev–Trinajstić information content (AvgIpc) is 2.67. The molecular formula is C11H12O2S. The zero-order valence-electron chi connectivity index (χ0n) is 7.72. The first kappa shape index (κ1) is 9.59. The minimum Gasteiger partial charge on any atom is -0.481 e. The zero-order chi connectivity index (χ0) is 9.97. The molecule has 0 radical (unpaired) electrons. The number of thioether (sulfide) groups is 1. The van der Waals surface area contributed by atoms with E-state index in [4.69, 9.17) is 5.11 Å². The molecule has 2 rings (SSSR count). The van der Waals surface area contributed by atoms with Crippen molar-refractivity contribution in [2.45, 2.75) is 5.92 Å². The van der Waals surface area contributed by atoms with Crippen molar-refractivity contribution in [1.29, 1.82) is 0 Å². The topological polar surface area (TPSA) is 37.3 Å². The monoisotopic (exact) mass is 208 g/mol. The normalized spacial score (nSPS) is 26.3. The van der Waals surface area contributed by atoms with E-state index in [1.54, 1.807) is 11.8 Å². The van der Waals surface area contributed by atoms with Crippen LogP contribution in [0, 0.1) is 5.92 Å². The number of hydrogen-bond donors (Lipinski definition) is 1. The van der Waals surface area contributed by atoms with Gasteiger partial charge in [-0.2, -0.15) is 11.8 Å². The van der Waals surface area contributed by atoms with E-state index in [1.807, 2.05) is 30.3 Å². The van der Waals surface area contributed by atoms with Crippen molar-refractivity contribution in [3.8, 4) is 0 Å². The smallest absolute Gasteiger partial charge is 0.307 e. The fourth-order valence-electron chi connectivity index (χ4n) is 1.83. The van der Waals surface area contributed by atoms with Crippen LogP contribution >= 0.6 is 11.8 Å². The molecule has 1 heterocycles. The van der Waals surface area contributed by atoms with Crippen LogP contribution in [-0.4, -0.2) is 22.6 Å². The maximum absolute atomic E-state index is 11.0. The highest BCUT2D eigenvalue weighted by molar-refractivity contribution is 7.99. The third-order valence-corrected chi connectivity index (χ3v) is 3.82. The van der Waals surface area contributed by atoms with Gasteiger partial charge in [0.25, 0.3) is 0 Å². The number of benzene rings is 1. The van der Waals surface area contributed by atoms with E-state index in [2.05, 4.69) is 0 Å². The van der Waals surface area contributed by atoms with Gasteiger partial charge in [-0.25, -0.2) is 0 Å². The van der Waals surface area contributed by atoms with Gasteiger partial charge in [0.15, 0.2) is 0 Å². The summed E-state index contributed by atoms with van der Waals surface area (Å²) >= 11 is 1.73. The van der Waals surface area contributed by atoms with Gasteiger partial charge in [0.05, 0.1) is 5.92 Å². The standard InChI is InChI=1S/C11H12O2S/c12-11(13)10-7-14-6-9(10)8-4-2-1-3-5-8/h1-5,9-10H,6-7H2,(H,12,13). The van der Waals surface area contributed by atoms with Crippen molar-refractivity contribution >= 4 is 17.7 Å². The molecule has 74 valence electrons. The third kappa shape index (κ3) is 1.77. The van der Waals surface area contributed by atoms with Crippen molar-refractivity contribution < 1.29 is 9.90 Å². The second-order valence-electron chi connectivity index (χ2n) is 3.50. The van der Waals surface area contributed by atoms with Gasteiger partial charge in [-0.3, -0.25) is 4.79 Å². The summed E-state index contributed by atoms with van der Waals surface area (Å²) in [4.78, 5) is 11.0. The van der Waals surface area contributed by atoms with E-state index in [0.717, 1.165) is 17.1 Å². The summed E-state index contributed by atoms with van der Waals surface area (Å²) in [5, 5.41) is 9.03. The molecule has 0 aromatic heterocycles. The Morgan fingerprint density at radius 3 is 2.64 bits per heavy atom. The van der Waals surface area contributed by atoms with Gasteiger partial charge in [-0.1, -0.05) is 30.3 Å². The number of carboxylic acid groups (broad SMARTS) is 1. The minimum absolute atomic E-state index is 0.193. The van der Waals surface area contributed by atoms with Crippen LogP contribution in [0.15, 0.2) is 30.3 Å². The zero-order valence-corrected chi connectivity index (χ0v) is 8.54. The predicted molar refractivity (Wildman–Crippen MR) is 57.6 cm³/mol. The Kier molecular flexibility index (Phi) is 2.77. The van der Waals surface area contributed by atoms with E-state index in [9.17, 15) is 4.79 Å². The molecule has 3 heteroatoms. The third-order valence-electron chi connectivity index (χ3n) is 2.63. The summed E-state index contributed by atoms with van der Waals surface area (Å²) in [5.74, 6) is 1.00. The van der Waals surface area contributed by atoms with Crippen molar-refractivity contribution in [3.63, 3.8) is 0 Å². The molecule has 1 aromatic rings. The molecule has 1 aromatic carbocycles. The fourth-order valence-corrected chi connectivity index (χ4v) is 3.27. The Morgan fingerprint density at radius 1 is 1.29 bits per heavy atom. The van der Waals surface area contributed by atoms with Crippen LogP contribution in [0.3, 0.4) is 0 Å². The molecule has 2 atom stereocenters. The van der Waals surface area contributed by atoms with E-state index < -0.39 is 5.97 Å². The summed E-state index contributed by atoms with van der Waals surface area (Å²) in [5.41, 5.74) is 1.16. The Bertz CT molecular complexity index is 323. The average molecular weight is 208 g/mol. The molecule has 14 heavy (non-hydrogen) atoms. The van der Waals surface area contributed by atoms with Crippen LogP contribution in [0.2, 0.25) is 0 Å². The molecule has 1 saturated heterocycles. The molecule has 1 aliphatic heterocycles. The van der Waals surface area contributed by atoms with Crippen LogP contribution in [0.25, 0.3) is 0 Å². The highest BCUT2D eigenvalue weighted by Crippen LogP contribution is 2.37. The molecule has 0 saturated carbocycles. The molecule has 0 spiro atoms. The van der Waals surface area contributed by atoms with E-state index in [0.29, 0.717) is 0 Å². The Labute approximate surface area is 87.3 Å². The van der Waals surface area contributed by atoms with Crippen molar-refractivity contribution in [2.24, 2.45) is 5.92 Å². The first-order chi connectivity index (χ1) is 6.79. The number of carbonyl (C=O) groups is 1. The van der Waals surface area contributed by atoms with Gasteiger partial charge in [0.2, 0.25) is 0 Å². The van der Waals surface area contributed by atoms with Gasteiger partial charge in [-0.15, -0.1) is 0 Å². The predicted octanol–water partition coefficient (Wildman–Crippen LogP) is 2.22. The Balaban J connectivity index is 2.22. The summed E-state index contributed by atoms with van der Waals surface area (Å²) < 4.78 is 0. The van der Waals surface area contributed by atoms with Crippen LogP contribution in [0.1, 0.15) is 11.5 Å². The van der Waals surface area contributed by atoms with Crippen molar-refractivity contribution in [3.05, 3.63) is 35.9 Å². The molecule has 1 N–H and O–H groups in total. The molecule has 2 nitrogen and oxygen atoms in total. The van der Waals surface area contributed by atoms with Crippen LogP contribution < -0.4 is 0 Å². The number of aliphatic carboxylic acids is 1. The van der Waals surface area contributed by atoms with Crippen molar-refractivity contribution in [2.75, 3.05) is 11.5 Å². The number of hydrogen-bond acceptors (Lipinski definition) is 2. The molecule has 1 aliphatic rings. The lowest BCUT2D eigenvalue weighted by atomic mass is 9.89. The summed E-state index contributed by atoms with van der Waals surface area (Å²) in [7, 11) is 0. The van der Waals surface area contributed by atoms with E-state index in [-0.39, 0.29) is 11.8 Å². The maximum atomic E-state index is 11.0. The molecule has 0 bridgehead atoms. The van der Waals surface area contributed by atoms with E-state index >= 15 is 0 Å². The van der Waals surface area contributed by atoms with Crippen LogP contribution in [0.4, 0.5) is 0 Å². The Morgan fingerprint density at radius 2 is 2.00 bits per heavy atom. The number of rotatable bonds is 2. The molecule has 0 aliphatic carbocycles. The van der Waals surface area contributed by atoms with Gasteiger partial charge < -0.3 is 5.11 Å². The first-order valence-electron chi connectivity index (χ1n) is 4.64. The number of carboxylic acids is 1. The van der Waals surface area contributed by atoms with Gasteiger partial charge in [0, 0.05) is 17.4 Å². The second-order valence-corrected chi connectivity index (χ2v) is 4.57. The SMILES string of the molecule is O=C(O)C1CSCC1c1ccccc1. The summed E-state index contributed by atoms with van der Waals surface area (Å²) in [6, 6.07) is 9.94. The lowest BCUT2D eigenvalue weighted by Gasteiger charge is -2.14. The highest BCUT2D eigenvalue weighted by atomic mass is 32.2. The quantitative estimate of drug-likeness (QED) is 0.809. The van der Waals surface area contributed by atoms with Gasteiger partial charge in [0.1, 0.15) is 0 Å². The lowest BCUT2D eigenvalue weighted by Crippen LogP contribution is -2.20. The largest absolute Gasteiger partial charge is 0.481 e. The summed E-state index contributed by atoms with van der Waals surface area (Å²) in [6.07, 6.45) is 0. The van der Waals surface area contributed by atoms with Crippen molar-refractivity contribution in [1.82, 2.24) is 0 Å². The van der Waals surface area contributed by atoms with Crippen LogP contribution in [0.5, 0.6) is 0 Å². The molecule has 2 unspecified atom stereocenters. The first-order valence-corrected chi connectivity index (χ1v) is 5.80. The summed E-state index contributed by atoms with van der Waals surface area (Å²) in [6.45, 7) is 0. The fraction of sp³-hybridized carbons (Fsp3) is 0.364. The lowest BCUT2D eigenvalue weighted by molar-refractivity contribution is -0.141. The second kappa shape index (κ2) is 4.05. The maximum Gasteiger partial charge on any atom is 0.307 e. The van der Waals surface area contributed by atoms with E-state index in [1.165, 1.54) is 0 Å². The minimum atomic E-state index is -0.663. The van der Waals surface area contributed by atoms with Gasteiger partial charge in [-0.05, 0) is 5.56 Å². The van der Waals surface area contributed by atoms with Gasteiger partial charge >= 0.3 is 5.97 Å².